The highest BCUT2D eigenvalue weighted by atomic mass is 35.5. The molecule has 0 spiro atoms. The fourth-order valence-electron chi connectivity index (χ4n) is 1.51. The van der Waals surface area contributed by atoms with E-state index in [2.05, 4.69) is 10.3 Å². The maximum atomic E-state index is 12.2. The van der Waals surface area contributed by atoms with Crippen LogP contribution in [0, 0.1) is 0 Å². The number of pyridine rings is 1. The highest BCUT2D eigenvalue weighted by Crippen LogP contribution is 2.36. The Kier molecular flexibility index (Phi) is 4.77. The Morgan fingerprint density at radius 2 is 1.85 bits per heavy atom. The molecule has 0 radical (unpaired) electrons. The van der Waals surface area contributed by atoms with E-state index in [9.17, 15) is 13.2 Å². The molecule has 2 nitrogen and oxygen atoms in total. The minimum Gasteiger partial charge on any atom is -0.379 e. The highest BCUT2D eigenvalue weighted by molar-refractivity contribution is 8.00. The molecule has 0 aliphatic carbocycles. The Labute approximate surface area is 123 Å². The van der Waals surface area contributed by atoms with Crippen LogP contribution in [-0.2, 0) is 6.54 Å². The minimum atomic E-state index is -4.26. The first-order valence-electron chi connectivity index (χ1n) is 5.62. The average Bonchev–Trinajstić information content (AvgIpc) is 2.38. The molecule has 0 amide bonds. The van der Waals surface area contributed by atoms with E-state index in [1.165, 1.54) is 12.1 Å². The first kappa shape index (κ1) is 15.0. The van der Waals surface area contributed by atoms with Crippen molar-refractivity contribution in [1.82, 2.24) is 4.98 Å². The van der Waals surface area contributed by atoms with Gasteiger partial charge in [-0.25, -0.2) is 0 Å². The number of anilines is 1. The lowest BCUT2D eigenvalue weighted by Gasteiger charge is -2.09. The lowest BCUT2D eigenvalue weighted by Crippen LogP contribution is -2.01. The quantitative estimate of drug-likeness (QED) is 0.807. The number of halogens is 4. The number of nitrogens with one attached hydrogen (secondary N) is 1. The van der Waals surface area contributed by atoms with Crippen LogP contribution in [-0.4, -0.2) is 10.5 Å². The van der Waals surface area contributed by atoms with Crippen molar-refractivity contribution in [2.45, 2.75) is 16.9 Å². The van der Waals surface area contributed by atoms with Crippen LogP contribution in [0.4, 0.5) is 18.9 Å². The number of thioether (sulfide) groups is 1. The van der Waals surface area contributed by atoms with E-state index in [1.807, 2.05) is 0 Å². The second kappa shape index (κ2) is 6.37. The highest BCUT2D eigenvalue weighted by Gasteiger charge is 2.28. The van der Waals surface area contributed by atoms with Crippen molar-refractivity contribution < 1.29 is 13.2 Å². The number of nitrogens with zero attached hydrogens (tertiary/aromatic N) is 1. The van der Waals surface area contributed by atoms with Gasteiger partial charge in [0, 0.05) is 17.6 Å². The molecule has 1 aromatic carbocycles. The Balaban J connectivity index is 1.96. The largest absolute Gasteiger partial charge is 0.446 e. The van der Waals surface area contributed by atoms with E-state index < -0.39 is 5.51 Å². The topological polar surface area (TPSA) is 24.9 Å². The summed E-state index contributed by atoms with van der Waals surface area (Å²) in [5, 5.41) is 3.62. The Bertz CT molecular complexity index is 573. The number of hydrogen-bond donors (Lipinski definition) is 1. The molecule has 0 saturated heterocycles. The zero-order valence-electron chi connectivity index (χ0n) is 10.1. The second-order valence-electron chi connectivity index (χ2n) is 3.90. The van der Waals surface area contributed by atoms with Crippen LogP contribution in [0.1, 0.15) is 5.56 Å². The van der Waals surface area contributed by atoms with Crippen LogP contribution in [0.15, 0.2) is 47.6 Å². The van der Waals surface area contributed by atoms with E-state index in [4.69, 9.17) is 11.6 Å². The van der Waals surface area contributed by atoms with Gasteiger partial charge in [-0.2, -0.15) is 13.2 Å². The number of rotatable bonds is 4. The summed E-state index contributed by atoms with van der Waals surface area (Å²) in [5.74, 6) is 0. The Hall–Kier alpha value is -1.40. The summed E-state index contributed by atoms with van der Waals surface area (Å²) in [6.07, 6.45) is 3.17. The van der Waals surface area contributed by atoms with Gasteiger partial charge in [0.1, 0.15) is 0 Å². The molecule has 0 saturated carbocycles. The van der Waals surface area contributed by atoms with Gasteiger partial charge in [0.2, 0.25) is 0 Å². The van der Waals surface area contributed by atoms with Gasteiger partial charge in [-0.15, -0.1) is 0 Å². The molecular formula is C13H10ClF3N2S. The predicted octanol–water partition coefficient (Wildman–Crippen LogP) is 4.96. The van der Waals surface area contributed by atoms with Crippen molar-refractivity contribution in [3.63, 3.8) is 0 Å². The molecule has 106 valence electrons. The maximum absolute atomic E-state index is 12.2. The van der Waals surface area contributed by atoms with Crippen molar-refractivity contribution in [3.05, 3.63) is 53.3 Å². The van der Waals surface area contributed by atoms with Crippen molar-refractivity contribution in [2.24, 2.45) is 0 Å². The van der Waals surface area contributed by atoms with Crippen molar-refractivity contribution >= 4 is 29.1 Å². The van der Waals surface area contributed by atoms with Gasteiger partial charge in [0.15, 0.2) is 0 Å². The molecule has 0 aliphatic rings. The van der Waals surface area contributed by atoms with Gasteiger partial charge in [-0.1, -0.05) is 23.7 Å². The van der Waals surface area contributed by atoms with Gasteiger partial charge in [-0.05, 0) is 35.5 Å². The molecule has 1 N–H and O–H groups in total. The fourth-order valence-corrected chi connectivity index (χ4v) is 2.23. The summed E-state index contributed by atoms with van der Waals surface area (Å²) >= 11 is 5.83. The third-order valence-electron chi connectivity index (χ3n) is 2.41. The number of alkyl halides is 3. The molecule has 0 unspecified atom stereocenters. The molecule has 0 aliphatic heterocycles. The van der Waals surface area contributed by atoms with Gasteiger partial charge < -0.3 is 5.32 Å². The molecule has 2 aromatic rings. The summed E-state index contributed by atoms with van der Waals surface area (Å²) in [6.45, 7) is 0.461. The van der Waals surface area contributed by atoms with Crippen LogP contribution in [0.3, 0.4) is 0 Å². The molecule has 20 heavy (non-hydrogen) atoms. The lowest BCUT2D eigenvalue weighted by atomic mass is 10.2. The number of hydrogen-bond acceptors (Lipinski definition) is 3. The molecule has 2 rings (SSSR count). The first-order valence-corrected chi connectivity index (χ1v) is 6.81. The van der Waals surface area contributed by atoms with E-state index in [-0.39, 0.29) is 16.7 Å². The number of benzene rings is 1. The summed E-state index contributed by atoms with van der Waals surface area (Å²) in [5.41, 5.74) is -2.72. The van der Waals surface area contributed by atoms with Crippen LogP contribution in [0.2, 0.25) is 5.02 Å². The summed E-state index contributed by atoms with van der Waals surface area (Å²) in [7, 11) is 0. The normalized spacial score (nSPS) is 11.4. The number of aromatic nitrogens is 1. The monoisotopic (exact) mass is 318 g/mol. The van der Waals surface area contributed by atoms with E-state index in [0.717, 1.165) is 5.56 Å². The van der Waals surface area contributed by atoms with Gasteiger partial charge in [0.25, 0.3) is 0 Å². The van der Waals surface area contributed by atoms with Gasteiger partial charge >= 0.3 is 5.51 Å². The van der Waals surface area contributed by atoms with Gasteiger partial charge in [0.05, 0.1) is 16.9 Å². The molecular weight excluding hydrogens is 309 g/mol. The molecule has 1 aromatic heterocycles. The molecule has 1 heterocycles. The predicted molar refractivity (Wildman–Crippen MR) is 74.9 cm³/mol. The fraction of sp³-hybridized carbons (Fsp3) is 0.154. The third kappa shape index (κ3) is 4.61. The molecule has 0 bridgehead atoms. The summed E-state index contributed by atoms with van der Waals surface area (Å²) < 4.78 is 36.6. The zero-order chi connectivity index (χ0) is 14.6. The summed E-state index contributed by atoms with van der Waals surface area (Å²) in [4.78, 5) is 4.10. The van der Waals surface area contributed by atoms with Crippen LogP contribution < -0.4 is 5.32 Å². The van der Waals surface area contributed by atoms with Crippen LogP contribution >= 0.6 is 23.4 Å². The minimum absolute atomic E-state index is 0.125. The van der Waals surface area contributed by atoms with Gasteiger partial charge in [-0.3, -0.25) is 4.98 Å². The van der Waals surface area contributed by atoms with Crippen molar-refractivity contribution in [2.75, 3.05) is 5.32 Å². The SMILES string of the molecule is FC(F)(F)Sc1ccc(CNc2cnccc2Cl)cc1. The van der Waals surface area contributed by atoms with Crippen LogP contribution in [0.25, 0.3) is 0 Å². The lowest BCUT2D eigenvalue weighted by molar-refractivity contribution is -0.0328. The van der Waals surface area contributed by atoms with E-state index in [0.29, 0.717) is 17.3 Å². The van der Waals surface area contributed by atoms with E-state index in [1.54, 1.807) is 30.6 Å². The zero-order valence-corrected chi connectivity index (χ0v) is 11.7. The van der Waals surface area contributed by atoms with Crippen molar-refractivity contribution in [1.29, 1.82) is 0 Å². The average molecular weight is 319 g/mol. The smallest absolute Gasteiger partial charge is 0.379 e. The maximum Gasteiger partial charge on any atom is 0.446 e. The summed E-state index contributed by atoms with van der Waals surface area (Å²) in [6, 6.07) is 7.84. The second-order valence-corrected chi connectivity index (χ2v) is 5.45. The first-order chi connectivity index (χ1) is 9.44. The van der Waals surface area contributed by atoms with E-state index >= 15 is 0 Å². The standard InChI is InChI=1S/C13H10ClF3N2S/c14-11-5-6-18-8-12(11)19-7-9-1-3-10(4-2-9)20-13(15,16)17/h1-6,8,19H,7H2. The third-order valence-corrected chi connectivity index (χ3v) is 3.48. The molecule has 0 atom stereocenters. The Morgan fingerprint density at radius 1 is 1.15 bits per heavy atom. The van der Waals surface area contributed by atoms with Crippen LogP contribution in [0.5, 0.6) is 0 Å². The van der Waals surface area contributed by atoms with Crippen molar-refractivity contribution in [3.8, 4) is 0 Å². The molecule has 0 fully saturated rings. The Morgan fingerprint density at radius 3 is 2.45 bits per heavy atom. The molecule has 7 heteroatoms.